The van der Waals surface area contributed by atoms with Crippen molar-refractivity contribution in [3.05, 3.63) is 42.8 Å². The normalized spacial score (nSPS) is 9.67. The minimum atomic E-state index is 0. The van der Waals surface area contributed by atoms with Crippen molar-refractivity contribution in [1.82, 2.24) is 0 Å². The Bertz CT molecular complexity index is 226. The maximum Gasteiger partial charge on any atom is 1.00 e. The van der Waals surface area contributed by atoms with Gasteiger partial charge in [-0.1, -0.05) is 36.9 Å². The van der Waals surface area contributed by atoms with Crippen LogP contribution >= 0.6 is 0 Å². The van der Waals surface area contributed by atoms with Crippen LogP contribution in [-0.2, 0) is 16.1 Å². The molecule has 1 rings (SSSR count). The summed E-state index contributed by atoms with van der Waals surface area (Å²) < 4.78 is 10.6. The Morgan fingerprint density at radius 3 is 2.33 bits per heavy atom. The molecule has 0 N–H and O–H groups in total. The van der Waals surface area contributed by atoms with E-state index in [4.69, 9.17) is 9.47 Å². The minimum absolute atomic E-state index is 0. The van der Waals surface area contributed by atoms with Crippen LogP contribution < -0.4 is 51.4 Å². The van der Waals surface area contributed by atoms with E-state index in [1.54, 1.807) is 0 Å². The molecule has 0 radical (unpaired) electrons. The second-order valence-electron chi connectivity index (χ2n) is 3.00. The summed E-state index contributed by atoms with van der Waals surface area (Å²) in [5, 5.41) is 0. The van der Waals surface area contributed by atoms with Crippen molar-refractivity contribution in [2.75, 3.05) is 19.8 Å². The van der Waals surface area contributed by atoms with Crippen LogP contribution in [-0.4, -0.2) is 19.8 Å². The largest absolute Gasteiger partial charge is 1.00 e. The first-order valence-corrected chi connectivity index (χ1v) is 4.92. The summed E-state index contributed by atoms with van der Waals surface area (Å²) in [5.74, 6) is 0. The standard InChI is InChI=1S/C12H17O2.K/c1-2-13-9-6-10-14-11-12-7-4-3-5-8-12;/h3-5,7-8H,1-2,6,9-11H2;/q-1;+1. The SMILES string of the molecule is [CH2-]COCCCOCc1ccccc1.[K+]. The molecule has 0 atom stereocenters. The molecule has 0 heterocycles. The summed E-state index contributed by atoms with van der Waals surface area (Å²) in [6.45, 7) is 6.29. The molecule has 15 heavy (non-hydrogen) atoms. The van der Waals surface area contributed by atoms with Crippen molar-refractivity contribution < 1.29 is 60.9 Å². The van der Waals surface area contributed by atoms with Crippen molar-refractivity contribution in [2.24, 2.45) is 0 Å². The third-order valence-electron chi connectivity index (χ3n) is 1.83. The van der Waals surface area contributed by atoms with Gasteiger partial charge in [0.05, 0.1) is 6.61 Å². The Kier molecular flexibility index (Phi) is 11.9. The van der Waals surface area contributed by atoms with Gasteiger partial charge in [-0.05, 0) is 12.0 Å². The summed E-state index contributed by atoms with van der Waals surface area (Å²) in [7, 11) is 0. The predicted octanol–water partition coefficient (Wildman–Crippen LogP) is -0.552. The number of ether oxygens (including phenoxy) is 2. The Morgan fingerprint density at radius 2 is 1.67 bits per heavy atom. The molecule has 0 aromatic heterocycles. The van der Waals surface area contributed by atoms with Crippen LogP contribution in [0, 0.1) is 6.92 Å². The third-order valence-corrected chi connectivity index (χ3v) is 1.83. The molecule has 0 amide bonds. The van der Waals surface area contributed by atoms with Crippen LogP contribution in [0.15, 0.2) is 30.3 Å². The summed E-state index contributed by atoms with van der Waals surface area (Å²) in [6, 6.07) is 10.2. The van der Waals surface area contributed by atoms with E-state index < -0.39 is 0 Å². The van der Waals surface area contributed by atoms with Crippen molar-refractivity contribution in [3.8, 4) is 0 Å². The first kappa shape index (κ1) is 15.8. The molecule has 2 nitrogen and oxygen atoms in total. The molecular weight excluding hydrogens is 215 g/mol. The molecular formula is C12H17KO2. The molecule has 1 aromatic rings. The summed E-state index contributed by atoms with van der Waals surface area (Å²) in [4.78, 5) is 0. The minimum Gasteiger partial charge on any atom is -0.413 e. The number of hydrogen-bond acceptors (Lipinski definition) is 2. The molecule has 0 fully saturated rings. The van der Waals surface area contributed by atoms with E-state index >= 15 is 0 Å². The number of benzene rings is 1. The molecule has 1 aromatic carbocycles. The van der Waals surface area contributed by atoms with E-state index in [1.807, 2.05) is 18.2 Å². The van der Waals surface area contributed by atoms with Gasteiger partial charge in [0.2, 0.25) is 0 Å². The first-order valence-electron chi connectivity index (χ1n) is 4.92. The van der Waals surface area contributed by atoms with Gasteiger partial charge in [-0.15, -0.1) is 0 Å². The Labute approximate surface area is 135 Å². The van der Waals surface area contributed by atoms with Crippen LogP contribution in [0.2, 0.25) is 0 Å². The van der Waals surface area contributed by atoms with Crippen molar-refractivity contribution in [3.63, 3.8) is 0 Å². The van der Waals surface area contributed by atoms with E-state index in [2.05, 4.69) is 19.1 Å². The van der Waals surface area contributed by atoms with Gasteiger partial charge in [0, 0.05) is 13.2 Å². The Balaban J connectivity index is 0.00000196. The van der Waals surface area contributed by atoms with Crippen LogP contribution in [0.25, 0.3) is 0 Å². The second-order valence-corrected chi connectivity index (χ2v) is 3.00. The maximum atomic E-state index is 5.47. The fourth-order valence-corrected chi connectivity index (χ4v) is 1.13. The van der Waals surface area contributed by atoms with E-state index in [9.17, 15) is 0 Å². The zero-order valence-electron chi connectivity index (χ0n) is 9.45. The molecule has 3 heteroatoms. The second kappa shape index (κ2) is 11.3. The van der Waals surface area contributed by atoms with Gasteiger partial charge < -0.3 is 16.4 Å². The van der Waals surface area contributed by atoms with Crippen LogP contribution in [0.1, 0.15) is 12.0 Å². The van der Waals surface area contributed by atoms with E-state index in [1.165, 1.54) is 5.56 Å². The van der Waals surface area contributed by atoms with Gasteiger partial charge in [0.1, 0.15) is 0 Å². The molecule has 0 aliphatic carbocycles. The van der Waals surface area contributed by atoms with Crippen molar-refractivity contribution in [2.45, 2.75) is 13.0 Å². The molecule has 0 aliphatic rings. The quantitative estimate of drug-likeness (QED) is 0.357. The molecule has 0 bridgehead atoms. The zero-order valence-corrected chi connectivity index (χ0v) is 12.6. The van der Waals surface area contributed by atoms with Crippen molar-refractivity contribution >= 4 is 0 Å². The first-order chi connectivity index (χ1) is 6.93. The third kappa shape index (κ3) is 8.57. The van der Waals surface area contributed by atoms with Crippen LogP contribution in [0.5, 0.6) is 0 Å². The monoisotopic (exact) mass is 232 g/mol. The fraction of sp³-hybridized carbons (Fsp3) is 0.417. The van der Waals surface area contributed by atoms with E-state index in [-0.39, 0.29) is 51.4 Å². The topological polar surface area (TPSA) is 18.5 Å². The molecule has 78 valence electrons. The Morgan fingerprint density at radius 1 is 1.00 bits per heavy atom. The number of rotatable bonds is 7. The maximum absolute atomic E-state index is 5.47. The van der Waals surface area contributed by atoms with Crippen molar-refractivity contribution in [1.29, 1.82) is 0 Å². The smallest absolute Gasteiger partial charge is 0.413 e. The van der Waals surface area contributed by atoms with Gasteiger partial charge in [-0.3, -0.25) is 0 Å². The van der Waals surface area contributed by atoms with Crippen LogP contribution in [0.3, 0.4) is 0 Å². The molecule has 0 spiro atoms. The van der Waals surface area contributed by atoms with Gasteiger partial charge in [0.15, 0.2) is 0 Å². The summed E-state index contributed by atoms with van der Waals surface area (Å²) in [5.41, 5.74) is 1.21. The summed E-state index contributed by atoms with van der Waals surface area (Å²) in [6.07, 6.45) is 0.933. The van der Waals surface area contributed by atoms with Gasteiger partial charge in [0.25, 0.3) is 0 Å². The predicted molar refractivity (Wildman–Crippen MR) is 56.9 cm³/mol. The van der Waals surface area contributed by atoms with E-state index in [0.717, 1.165) is 19.6 Å². The molecule has 0 saturated carbocycles. The fourth-order valence-electron chi connectivity index (χ4n) is 1.13. The average Bonchev–Trinajstić information content (AvgIpc) is 2.25. The molecule has 0 aliphatic heterocycles. The van der Waals surface area contributed by atoms with Gasteiger partial charge in [-0.25, -0.2) is 0 Å². The van der Waals surface area contributed by atoms with Gasteiger partial charge in [-0.2, -0.15) is 0 Å². The van der Waals surface area contributed by atoms with Gasteiger partial charge >= 0.3 is 51.4 Å². The average molecular weight is 232 g/mol. The molecule has 0 saturated heterocycles. The zero-order chi connectivity index (χ0) is 10.1. The molecule has 0 unspecified atom stereocenters. The van der Waals surface area contributed by atoms with E-state index in [0.29, 0.717) is 13.2 Å². The van der Waals surface area contributed by atoms with Crippen LogP contribution in [0.4, 0.5) is 0 Å². The number of hydrogen-bond donors (Lipinski definition) is 0. The summed E-state index contributed by atoms with van der Waals surface area (Å²) >= 11 is 0. The Hall–Kier alpha value is 0.776.